The van der Waals surface area contributed by atoms with E-state index in [9.17, 15) is 9.59 Å². The van der Waals surface area contributed by atoms with Gasteiger partial charge in [0, 0.05) is 23.1 Å². The van der Waals surface area contributed by atoms with E-state index in [1.54, 1.807) is 23.1 Å². The van der Waals surface area contributed by atoms with E-state index in [2.05, 4.69) is 12.2 Å². The van der Waals surface area contributed by atoms with Crippen molar-refractivity contribution in [2.75, 3.05) is 6.54 Å². The Bertz CT molecular complexity index is 850. The number of nitrogens with zero attached hydrogens (tertiary/aromatic N) is 1. The minimum absolute atomic E-state index is 0.0447. The van der Waals surface area contributed by atoms with Gasteiger partial charge in [-0.2, -0.15) is 0 Å². The first kappa shape index (κ1) is 24.2. The average Bonchev–Trinajstić information content (AvgIpc) is 2.71. The molecule has 0 saturated carbocycles. The lowest BCUT2D eigenvalue weighted by atomic mass is 10.1. The van der Waals surface area contributed by atoms with Gasteiger partial charge in [0.15, 0.2) is 0 Å². The van der Waals surface area contributed by atoms with Gasteiger partial charge in [-0.25, -0.2) is 0 Å². The standard InChI is InChI=1S/C24H30Cl2N2O2/c1-4-6-13-27-24(30)22(5-2)28(16-18-10-7-9-17(3)14-18)23(29)15-19-20(25)11-8-12-21(19)26/h7-12,14,22H,4-6,13,15-16H2,1-3H3,(H,27,30)/t22-/m0/s1. The summed E-state index contributed by atoms with van der Waals surface area (Å²) in [6.45, 7) is 6.96. The molecule has 0 radical (unpaired) electrons. The summed E-state index contributed by atoms with van der Waals surface area (Å²) < 4.78 is 0. The molecular formula is C24H30Cl2N2O2. The Morgan fingerprint density at radius 3 is 2.33 bits per heavy atom. The first-order valence-electron chi connectivity index (χ1n) is 10.4. The monoisotopic (exact) mass is 448 g/mol. The highest BCUT2D eigenvalue weighted by molar-refractivity contribution is 6.36. The number of benzene rings is 2. The van der Waals surface area contributed by atoms with Crippen molar-refractivity contribution in [2.45, 2.75) is 59.0 Å². The lowest BCUT2D eigenvalue weighted by Gasteiger charge is -2.31. The van der Waals surface area contributed by atoms with Crippen LogP contribution in [-0.4, -0.2) is 29.3 Å². The quantitative estimate of drug-likeness (QED) is 0.483. The molecule has 0 heterocycles. The van der Waals surface area contributed by atoms with Crippen LogP contribution < -0.4 is 5.32 Å². The minimum atomic E-state index is -0.559. The normalized spacial score (nSPS) is 11.8. The van der Waals surface area contributed by atoms with Crippen LogP contribution >= 0.6 is 23.2 Å². The summed E-state index contributed by atoms with van der Waals surface area (Å²) in [5, 5.41) is 3.87. The number of hydrogen-bond donors (Lipinski definition) is 1. The van der Waals surface area contributed by atoms with Crippen molar-refractivity contribution < 1.29 is 9.59 Å². The molecule has 0 bridgehead atoms. The van der Waals surface area contributed by atoms with Gasteiger partial charge >= 0.3 is 0 Å². The molecule has 2 aromatic carbocycles. The number of carbonyl (C=O) groups is 2. The second kappa shape index (κ2) is 12.0. The fraction of sp³-hybridized carbons (Fsp3) is 0.417. The fourth-order valence-corrected chi connectivity index (χ4v) is 3.92. The Balaban J connectivity index is 2.31. The lowest BCUT2D eigenvalue weighted by Crippen LogP contribution is -2.49. The van der Waals surface area contributed by atoms with Crippen molar-refractivity contribution in [2.24, 2.45) is 0 Å². The Morgan fingerprint density at radius 1 is 1.07 bits per heavy atom. The van der Waals surface area contributed by atoms with Crippen LogP contribution in [0.2, 0.25) is 10.0 Å². The Morgan fingerprint density at radius 2 is 1.73 bits per heavy atom. The summed E-state index contributed by atoms with van der Waals surface area (Å²) in [5.41, 5.74) is 2.67. The Labute approximate surface area is 189 Å². The number of halogens is 2. The highest BCUT2D eigenvalue weighted by Crippen LogP contribution is 2.26. The van der Waals surface area contributed by atoms with Gasteiger partial charge in [0.2, 0.25) is 11.8 Å². The van der Waals surface area contributed by atoms with Gasteiger partial charge in [0.05, 0.1) is 6.42 Å². The summed E-state index contributed by atoms with van der Waals surface area (Å²) >= 11 is 12.6. The van der Waals surface area contributed by atoms with Gasteiger partial charge in [0.25, 0.3) is 0 Å². The van der Waals surface area contributed by atoms with Crippen LogP contribution in [0.25, 0.3) is 0 Å². The van der Waals surface area contributed by atoms with Crippen molar-refractivity contribution in [1.82, 2.24) is 10.2 Å². The maximum atomic E-state index is 13.4. The molecular weight excluding hydrogens is 419 g/mol. The molecule has 2 rings (SSSR count). The van der Waals surface area contributed by atoms with Gasteiger partial charge in [-0.15, -0.1) is 0 Å². The number of unbranched alkanes of at least 4 members (excludes halogenated alkanes) is 1. The molecule has 2 aromatic rings. The number of aryl methyl sites for hydroxylation is 1. The largest absolute Gasteiger partial charge is 0.354 e. The zero-order chi connectivity index (χ0) is 22.1. The van der Waals surface area contributed by atoms with Crippen molar-refractivity contribution in [3.63, 3.8) is 0 Å². The molecule has 30 heavy (non-hydrogen) atoms. The topological polar surface area (TPSA) is 49.4 Å². The smallest absolute Gasteiger partial charge is 0.242 e. The fourth-order valence-electron chi connectivity index (χ4n) is 3.39. The molecule has 0 aliphatic heterocycles. The third-order valence-electron chi connectivity index (χ3n) is 5.04. The van der Waals surface area contributed by atoms with Crippen molar-refractivity contribution in [3.8, 4) is 0 Å². The van der Waals surface area contributed by atoms with Crippen molar-refractivity contribution in [3.05, 3.63) is 69.2 Å². The molecule has 0 fully saturated rings. The molecule has 4 nitrogen and oxygen atoms in total. The zero-order valence-electron chi connectivity index (χ0n) is 17.9. The molecule has 0 spiro atoms. The third-order valence-corrected chi connectivity index (χ3v) is 5.75. The third kappa shape index (κ3) is 6.75. The first-order valence-corrected chi connectivity index (χ1v) is 11.2. The summed E-state index contributed by atoms with van der Waals surface area (Å²) in [6, 6.07) is 12.6. The number of hydrogen-bond acceptors (Lipinski definition) is 2. The van der Waals surface area contributed by atoms with E-state index in [4.69, 9.17) is 23.2 Å². The van der Waals surface area contributed by atoms with Gasteiger partial charge in [-0.3, -0.25) is 9.59 Å². The van der Waals surface area contributed by atoms with E-state index < -0.39 is 6.04 Å². The molecule has 0 unspecified atom stereocenters. The van der Waals surface area contributed by atoms with Crippen LogP contribution in [0.5, 0.6) is 0 Å². The number of rotatable bonds is 10. The van der Waals surface area contributed by atoms with Crippen LogP contribution in [0.15, 0.2) is 42.5 Å². The first-order chi connectivity index (χ1) is 14.4. The molecule has 0 aliphatic rings. The Kier molecular flexibility index (Phi) is 9.67. The zero-order valence-corrected chi connectivity index (χ0v) is 19.4. The van der Waals surface area contributed by atoms with Crippen molar-refractivity contribution in [1.29, 1.82) is 0 Å². The Hall–Kier alpha value is -2.04. The van der Waals surface area contributed by atoms with E-state index in [0.29, 0.717) is 35.1 Å². The molecule has 0 saturated heterocycles. The van der Waals surface area contributed by atoms with Crippen LogP contribution in [0.4, 0.5) is 0 Å². The van der Waals surface area contributed by atoms with Crippen molar-refractivity contribution >= 4 is 35.0 Å². The molecule has 0 aromatic heterocycles. The number of nitrogens with one attached hydrogen (secondary N) is 1. The van der Waals surface area contributed by atoms with Gasteiger partial charge in [0.1, 0.15) is 6.04 Å². The van der Waals surface area contributed by atoms with Crippen LogP contribution in [-0.2, 0) is 22.6 Å². The van der Waals surface area contributed by atoms with Gasteiger partial charge in [-0.05, 0) is 43.0 Å². The van der Waals surface area contributed by atoms with E-state index in [-0.39, 0.29) is 18.2 Å². The molecule has 162 valence electrons. The van der Waals surface area contributed by atoms with E-state index in [0.717, 1.165) is 24.0 Å². The van der Waals surface area contributed by atoms with E-state index in [1.807, 2.05) is 38.1 Å². The molecule has 0 aliphatic carbocycles. The van der Waals surface area contributed by atoms with Crippen LogP contribution in [0, 0.1) is 6.92 Å². The van der Waals surface area contributed by atoms with Gasteiger partial charge < -0.3 is 10.2 Å². The van der Waals surface area contributed by atoms with Crippen LogP contribution in [0.3, 0.4) is 0 Å². The highest BCUT2D eigenvalue weighted by Gasteiger charge is 2.29. The molecule has 6 heteroatoms. The average molecular weight is 449 g/mol. The molecule has 1 N–H and O–H groups in total. The van der Waals surface area contributed by atoms with Crippen LogP contribution in [0.1, 0.15) is 49.8 Å². The summed E-state index contributed by atoms with van der Waals surface area (Å²) in [6.07, 6.45) is 2.46. The predicted octanol–water partition coefficient (Wildman–Crippen LogP) is 5.57. The summed E-state index contributed by atoms with van der Waals surface area (Å²) in [5.74, 6) is -0.304. The summed E-state index contributed by atoms with van der Waals surface area (Å²) in [4.78, 5) is 27.9. The molecule has 1 atom stereocenters. The minimum Gasteiger partial charge on any atom is -0.354 e. The number of amides is 2. The SMILES string of the molecule is CCCCNC(=O)[C@H](CC)N(Cc1cccc(C)c1)C(=O)Cc1c(Cl)cccc1Cl. The maximum absolute atomic E-state index is 13.4. The highest BCUT2D eigenvalue weighted by atomic mass is 35.5. The maximum Gasteiger partial charge on any atom is 0.242 e. The van der Waals surface area contributed by atoms with Gasteiger partial charge in [-0.1, -0.05) is 79.4 Å². The van der Waals surface area contributed by atoms with E-state index >= 15 is 0 Å². The number of carbonyl (C=O) groups excluding carboxylic acids is 2. The summed E-state index contributed by atoms with van der Waals surface area (Å²) in [7, 11) is 0. The van der Waals surface area contributed by atoms with E-state index in [1.165, 1.54) is 0 Å². The second-order valence-electron chi connectivity index (χ2n) is 7.46. The lowest BCUT2D eigenvalue weighted by molar-refractivity contribution is -0.140. The second-order valence-corrected chi connectivity index (χ2v) is 8.27. The molecule has 2 amide bonds. The predicted molar refractivity (Wildman–Crippen MR) is 124 cm³/mol.